The average molecular weight is 600 g/mol. The highest BCUT2D eigenvalue weighted by Gasteiger charge is 2.38. The Morgan fingerprint density at radius 2 is 1.93 bits per heavy atom. The van der Waals surface area contributed by atoms with Gasteiger partial charge in [-0.05, 0) is 58.9 Å². The maximum absolute atomic E-state index is 15.3. The van der Waals surface area contributed by atoms with Crippen LogP contribution >= 0.6 is 11.6 Å². The minimum atomic E-state index is -0.732. The normalized spacial score (nSPS) is 26.6. The van der Waals surface area contributed by atoms with Crippen LogP contribution in [0.25, 0.3) is 22.2 Å². The van der Waals surface area contributed by atoms with Crippen LogP contribution in [0.5, 0.6) is 0 Å². The lowest BCUT2D eigenvalue weighted by Gasteiger charge is -2.48. The number of benzene rings is 1. The first-order valence-electron chi connectivity index (χ1n) is 15.0. The predicted octanol–water partition coefficient (Wildman–Crippen LogP) is 4.58. The molecule has 3 aliphatic heterocycles. The molecule has 6 rings (SSSR count). The maximum atomic E-state index is 15.3. The first-order valence-corrected chi connectivity index (χ1v) is 15.4. The first-order chi connectivity index (χ1) is 20.1. The number of aliphatic hydroxyl groups is 2. The van der Waals surface area contributed by atoms with Crippen LogP contribution in [0.1, 0.15) is 69.7 Å². The molecule has 3 N–H and O–H groups in total. The van der Waals surface area contributed by atoms with Crippen molar-refractivity contribution in [2.24, 2.45) is 0 Å². The molecule has 9 nitrogen and oxygen atoms in total. The molecule has 2 aromatic heterocycles. The third kappa shape index (κ3) is 5.32. The number of aliphatic hydroxyl groups excluding tert-OH is 2. The third-order valence-electron chi connectivity index (χ3n) is 9.26. The van der Waals surface area contributed by atoms with Gasteiger partial charge in [0.1, 0.15) is 5.69 Å². The minimum Gasteiger partial charge on any atom is -0.393 e. The van der Waals surface area contributed by atoms with E-state index in [9.17, 15) is 15.0 Å². The second-order valence-electron chi connectivity index (χ2n) is 12.3. The Morgan fingerprint density at radius 1 is 1.19 bits per heavy atom. The molecule has 0 radical (unpaired) electrons. The van der Waals surface area contributed by atoms with Crippen molar-refractivity contribution in [3.8, 4) is 11.3 Å². The number of anilines is 1. The molecule has 11 heteroatoms. The zero-order chi connectivity index (χ0) is 29.7. The SMILES string of the molecule is Cc1c(CN2C3CCCC2CC(O)C3)n(C(C)C)c2c(Cl)c(-c3nc(N[C@@H]4CCOC[C@H]4O)ncc3F)ccc2c1=O. The van der Waals surface area contributed by atoms with Gasteiger partial charge < -0.3 is 24.8 Å². The Morgan fingerprint density at radius 3 is 2.62 bits per heavy atom. The van der Waals surface area contributed by atoms with E-state index in [1.807, 2.05) is 6.92 Å². The van der Waals surface area contributed by atoms with Crippen molar-refractivity contribution < 1.29 is 19.3 Å². The Labute approximate surface area is 249 Å². The lowest BCUT2D eigenvalue weighted by atomic mass is 9.82. The van der Waals surface area contributed by atoms with E-state index < -0.39 is 11.9 Å². The summed E-state index contributed by atoms with van der Waals surface area (Å²) in [7, 11) is 0. The highest BCUT2D eigenvalue weighted by Crippen LogP contribution is 2.39. The molecule has 5 heterocycles. The van der Waals surface area contributed by atoms with Crippen LogP contribution < -0.4 is 10.7 Å². The summed E-state index contributed by atoms with van der Waals surface area (Å²) in [6.45, 7) is 7.27. The highest BCUT2D eigenvalue weighted by atomic mass is 35.5. The van der Waals surface area contributed by atoms with Crippen LogP contribution in [0.4, 0.5) is 10.3 Å². The lowest BCUT2D eigenvalue weighted by Crippen LogP contribution is -2.53. The van der Waals surface area contributed by atoms with Gasteiger partial charge in [0.25, 0.3) is 0 Å². The minimum absolute atomic E-state index is 0.0189. The van der Waals surface area contributed by atoms with Crippen molar-refractivity contribution in [2.75, 3.05) is 18.5 Å². The molecule has 226 valence electrons. The van der Waals surface area contributed by atoms with Crippen molar-refractivity contribution in [1.82, 2.24) is 19.4 Å². The van der Waals surface area contributed by atoms with Gasteiger partial charge in [0, 0.05) is 53.5 Å². The number of aromatic nitrogens is 3. The molecule has 0 aliphatic carbocycles. The van der Waals surface area contributed by atoms with Crippen molar-refractivity contribution in [3.05, 3.63) is 50.7 Å². The van der Waals surface area contributed by atoms with Gasteiger partial charge in [0.05, 0.1) is 41.6 Å². The van der Waals surface area contributed by atoms with E-state index >= 15 is 4.39 Å². The molecule has 42 heavy (non-hydrogen) atoms. The Hall–Kier alpha value is -2.63. The molecule has 2 unspecified atom stereocenters. The fourth-order valence-electron chi connectivity index (χ4n) is 7.14. The van der Waals surface area contributed by atoms with E-state index in [1.165, 1.54) is 0 Å². The van der Waals surface area contributed by atoms with Gasteiger partial charge in [-0.1, -0.05) is 24.1 Å². The van der Waals surface area contributed by atoms with E-state index in [0.29, 0.717) is 41.6 Å². The summed E-state index contributed by atoms with van der Waals surface area (Å²) in [6, 6.07) is 3.54. The van der Waals surface area contributed by atoms with E-state index in [4.69, 9.17) is 16.3 Å². The molecule has 3 saturated heterocycles. The summed E-state index contributed by atoms with van der Waals surface area (Å²) in [5, 5.41) is 24.6. The Kier molecular flexibility index (Phi) is 8.28. The fraction of sp³-hybridized carbons (Fsp3) is 0.581. The average Bonchev–Trinajstić information content (AvgIpc) is 2.94. The van der Waals surface area contributed by atoms with Gasteiger partial charge in [-0.2, -0.15) is 0 Å². The number of hydrogen-bond donors (Lipinski definition) is 3. The van der Waals surface area contributed by atoms with Crippen molar-refractivity contribution in [1.29, 1.82) is 0 Å². The maximum Gasteiger partial charge on any atom is 0.223 e. The summed E-state index contributed by atoms with van der Waals surface area (Å²) in [6.07, 6.45) is 5.35. The number of halogens is 2. The number of nitrogens with zero attached hydrogens (tertiary/aromatic N) is 4. The van der Waals surface area contributed by atoms with Gasteiger partial charge in [-0.3, -0.25) is 9.69 Å². The Bertz CT molecular complexity index is 1530. The third-order valence-corrected chi connectivity index (χ3v) is 9.64. The molecule has 3 aromatic rings. The molecule has 2 bridgehead atoms. The molecule has 0 amide bonds. The molecule has 3 fully saturated rings. The van der Waals surface area contributed by atoms with Crippen LogP contribution in [0.15, 0.2) is 23.1 Å². The predicted molar refractivity (Wildman–Crippen MR) is 160 cm³/mol. The number of rotatable bonds is 6. The fourth-order valence-corrected chi connectivity index (χ4v) is 7.49. The highest BCUT2D eigenvalue weighted by molar-refractivity contribution is 6.37. The zero-order valence-corrected chi connectivity index (χ0v) is 25.1. The van der Waals surface area contributed by atoms with Crippen molar-refractivity contribution >= 4 is 28.5 Å². The first kappa shape index (κ1) is 29.4. The number of ether oxygens (including phenoxy) is 1. The molecule has 3 aliphatic rings. The molecule has 0 saturated carbocycles. The molecular formula is C31H39ClFN5O4. The molecule has 1 aromatic carbocycles. The van der Waals surface area contributed by atoms with Crippen molar-refractivity contribution in [2.45, 2.75) is 102 Å². The van der Waals surface area contributed by atoms with E-state index in [0.717, 1.165) is 44.0 Å². The molecule has 4 atom stereocenters. The second kappa shape index (κ2) is 11.8. The number of nitrogens with one attached hydrogen (secondary N) is 1. The van der Waals surface area contributed by atoms with Crippen LogP contribution in [0, 0.1) is 12.7 Å². The summed E-state index contributed by atoms with van der Waals surface area (Å²) >= 11 is 7.11. The van der Waals surface area contributed by atoms with Gasteiger partial charge in [-0.15, -0.1) is 0 Å². The Balaban J connectivity index is 1.45. The number of pyridine rings is 1. The van der Waals surface area contributed by atoms with E-state index in [1.54, 1.807) is 12.1 Å². The summed E-state index contributed by atoms with van der Waals surface area (Å²) in [5.41, 5.74) is 2.43. The summed E-state index contributed by atoms with van der Waals surface area (Å²) < 4.78 is 22.7. The monoisotopic (exact) mass is 599 g/mol. The van der Waals surface area contributed by atoms with Crippen LogP contribution in [-0.2, 0) is 11.3 Å². The quantitative estimate of drug-likeness (QED) is 0.377. The van der Waals surface area contributed by atoms with Gasteiger partial charge in [0.15, 0.2) is 11.2 Å². The molecular weight excluding hydrogens is 561 g/mol. The number of piperidine rings is 2. The van der Waals surface area contributed by atoms with E-state index in [-0.39, 0.29) is 59.0 Å². The van der Waals surface area contributed by atoms with E-state index in [2.05, 4.69) is 38.6 Å². The standard InChI is InChI=1S/C31H39ClFN5O4/c1-16(2)38-25(14-37-18-5-4-6-19(37)12-20(39)11-18)17(3)30(41)22-8-7-21(27(32)29(22)38)28-23(33)13-34-31(36-28)35-24-9-10-42-15-26(24)40/h7-8,13,16,18-20,24,26,39-40H,4-6,9-12,14-15H2,1-3H3,(H,34,35,36)/t18?,19?,20?,24-,26-/m1/s1. The summed E-state index contributed by atoms with van der Waals surface area (Å²) in [5.74, 6) is -0.460. The topological polar surface area (TPSA) is 113 Å². The van der Waals surface area contributed by atoms with Gasteiger partial charge >= 0.3 is 0 Å². The zero-order valence-electron chi connectivity index (χ0n) is 24.3. The smallest absolute Gasteiger partial charge is 0.223 e. The number of hydrogen-bond acceptors (Lipinski definition) is 8. The van der Waals surface area contributed by atoms with Crippen molar-refractivity contribution in [3.63, 3.8) is 0 Å². The van der Waals surface area contributed by atoms with Gasteiger partial charge in [0.2, 0.25) is 5.95 Å². The largest absolute Gasteiger partial charge is 0.393 e. The van der Waals surface area contributed by atoms with Crippen LogP contribution in [0.2, 0.25) is 5.02 Å². The van der Waals surface area contributed by atoms with Gasteiger partial charge in [-0.25, -0.2) is 14.4 Å². The van der Waals surface area contributed by atoms with Crippen LogP contribution in [0.3, 0.4) is 0 Å². The number of fused-ring (bicyclic) bond motifs is 3. The second-order valence-corrected chi connectivity index (χ2v) is 12.7. The lowest BCUT2D eigenvalue weighted by molar-refractivity contribution is -0.0325. The van der Waals surface area contributed by atoms with Crippen LogP contribution in [-0.4, -0.2) is 73.2 Å². The summed E-state index contributed by atoms with van der Waals surface area (Å²) in [4.78, 5) is 24.8. The molecule has 0 spiro atoms.